The van der Waals surface area contributed by atoms with Crippen LogP contribution in [0, 0.1) is 0 Å². The molecule has 1 heterocycles. The van der Waals surface area contributed by atoms with Crippen LogP contribution >= 0.6 is 0 Å². The molecule has 0 saturated carbocycles. The monoisotopic (exact) mass is 370 g/mol. The molecule has 2 aromatic rings. The highest BCUT2D eigenvalue weighted by molar-refractivity contribution is 5.73. The minimum atomic E-state index is -4.47. The Kier molecular flexibility index (Phi) is 7.02. The van der Waals surface area contributed by atoms with Crippen LogP contribution in [0.4, 0.5) is 18.0 Å². The van der Waals surface area contributed by atoms with E-state index in [0.29, 0.717) is 25.4 Å². The second-order valence-electron chi connectivity index (χ2n) is 5.62. The third kappa shape index (κ3) is 6.07. The number of carbonyl (C=O) groups excluding carboxylic acids is 1. The lowest BCUT2D eigenvalue weighted by molar-refractivity contribution is -0.141. The lowest BCUT2D eigenvalue weighted by Crippen LogP contribution is -2.35. The third-order valence-electron chi connectivity index (χ3n) is 3.59. The molecule has 0 saturated heterocycles. The van der Waals surface area contributed by atoms with Gasteiger partial charge >= 0.3 is 12.2 Å². The molecule has 6 nitrogen and oxygen atoms in total. The fourth-order valence-electron chi connectivity index (χ4n) is 2.20. The SMILES string of the molecule is COCCCCNC(=O)NCc1ccc(-n2ccc(C(F)(F)F)n2)cc1. The lowest BCUT2D eigenvalue weighted by atomic mass is 10.2. The van der Waals surface area contributed by atoms with Crippen molar-refractivity contribution >= 4 is 6.03 Å². The number of methoxy groups -OCH3 is 1. The minimum Gasteiger partial charge on any atom is -0.385 e. The van der Waals surface area contributed by atoms with Gasteiger partial charge in [0.25, 0.3) is 0 Å². The maximum atomic E-state index is 12.6. The summed E-state index contributed by atoms with van der Waals surface area (Å²) in [4.78, 5) is 11.7. The maximum absolute atomic E-state index is 12.6. The van der Waals surface area contributed by atoms with E-state index in [-0.39, 0.29) is 6.03 Å². The maximum Gasteiger partial charge on any atom is 0.435 e. The van der Waals surface area contributed by atoms with Crippen LogP contribution in [-0.4, -0.2) is 36.1 Å². The lowest BCUT2D eigenvalue weighted by Gasteiger charge is -2.08. The van der Waals surface area contributed by atoms with E-state index in [1.807, 2.05) is 0 Å². The Morgan fingerprint density at radius 1 is 1.15 bits per heavy atom. The van der Waals surface area contributed by atoms with Gasteiger partial charge in [-0.05, 0) is 36.6 Å². The number of nitrogens with one attached hydrogen (secondary N) is 2. The number of alkyl halides is 3. The molecule has 0 aliphatic carbocycles. The molecular formula is C17H21F3N4O2. The number of benzene rings is 1. The summed E-state index contributed by atoms with van der Waals surface area (Å²) in [5, 5.41) is 8.97. The Balaban J connectivity index is 1.80. The normalized spacial score (nSPS) is 11.4. The molecule has 26 heavy (non-hydrogen) atoms. The summed E-state index contributed by atoms with van der Waals surface area (Å²) in [7, 11) is 1.63. The standard InChI is InChI=1S/C17H21F3N4O2/c1-26-11-3-2-9-21-16(25)22-12-13-4-6-14(7-5-13)24-10-8-15(23-24)17(18,19)20/h4-8,10H,2-3,9,11-12H2,1H3,(H2,21,22,25). The van der Waals surface area contributed by atoms with Gasteiger partial charge in [-0.15, -0.1) is 0 Å². The van der Waals surface area contributed by atoms with Gasteiger partial charge in [0.05, 0.1) is 5.69 Å². The predicted octanol–water partition coefficient (Wildman–Crippen LogP) is 3.12. The van der Waals surface area contributed by atoms with Crippen LogP contribution in [0.25, 0.3) is 5.69 Å². The van der Waals surface area contributed by atoms with E-state index in [1.165, 1.54) is 6.20 Å². The molecule has 2 rings (SSSR count). The predicted molar refractivity (Wildman–Crippen MR) is 89.9 cm³/mol. The van der Waals surface area contributed by atoms with Crippen molar-refractivity contribution in [1.29, 1.82) is 0 Å². The van der Waals surface area contributed by atoms with Crippen molar-refractivity contribution in [2.45, 2.75) is 25.6 Å². The number of hydrogen-bond acceptors (Lipinski definition) is 3. The summed E-state index contributed by atoms with van der Waals surface area (Å²) >= 11 is 0. The van der Waals surface area contributed by atoms with E-state index in [4.69, 9.17) is 4.74 Å². The van der Waals surface area contributed by atoms with Gasteiger partial charge < -0.3 is 15.4 Å². The second-order valence-corrected chi connectivity index (χ2v) is 5.62. The quantitative estimate of drug-likeness (QED) is 0.702. The number of amides is 2. The van der Waals surface area contributed by atoms with Gasteiger partial charge in [0.2, 0.25) is 0 Å². The molecule has 1 aromatic carbocycles. The Hall–Kier alpha value is -2.55. The smallest absolute Gasteiger partial charge is 0.385 e. The largest absolute Gasteiger partial charge is 0.435 e. The Morgan fingerprint density at radius 2 is 1.88 bits per heavy atom. The van der Waals surface area contributed by atoms with Crippen LogP contribution in [0.5, 0.6) is 0 Å². The molecule has 0 spiro atoms. The zero-order valence-corrected chi connectivity index (χ0v) is 14.3. The van der Waals surface area contributed by atoms with Crippen LogP contribution in [0.2, 0.25) is 0 Å². The highest BCUT2D eigenvalue weighted by Crippen LogP contribution is 2.27. The van der Waals surface area contributed by atoms with Crippen molar-refractivity contribution in [3.05, 3.63) is 47.8 Å². The molecule has 0 atom stereocenters. The number of urea groups is 1. The minimum absolute atomic E-state index is 0.270. The highest BCUT2D eigenvalue weighted by Gasteiger charge is 2.33. The average molecular weight is 370 g/mol. The van der Waals surface area contributed by atoms with Gasteiger partial charge in [0, 0.05) is 33.0 Å². The van der Waals surface area contributed by atoms with Gasteiger partial charge in [-0.3, -0.25) is 0 Å². The van der Waals surface area contributed by atoms with Crippen molar-refractivity contribution in [1.82, 2.24) is 20.4 Å². The first-order valence-corrected chi connectivity index (χ1v) is 8.13. The van der Waals surface area contributed by atoms with Crippen molar-refractivity contribution in [2.24, 2.45) is 0 Å². The molecule has 0 fully saturated rings. The molecule has 2 amide bonds. The molecule has 0 unspecified atom stereocenters. The molecule has 0 bridgehead atoms. The van der Waals surface area contributed by atoms with E-state index in [0.717, 1.165) is 29.2 Å². The average Bonchev–Trinajstić information content (AvgIpc) is 3.11. The zero-order chi connectivity index (χ0) is 19.0. The number of ether oxygens (including phenoxy) is 1. The summed E-state index contributed by atoms with van der Waals surface area (Å²) in [5.41, 5.74) is 0.392. The van der Waals surface area contributed by atoms with Crippen molar-refractivity contribution < 1.29 is 22.7 Å². The summed E-state index contributed by atoms with van der Waals surface area (Å²) < 4.78 is 43.8. The van der Waals surface area contributed by atoms with Gasteiger partial charge in [0.1, 0.15) is 0 Å². The summed E-state index contributed by atoms with van der Waals surface area (Å²) in [6, 6.07) is 7.40. The van der Waals surface area contributed by atoms with Gasteiger partial charge in [-0.25, -0.2) is 9.48 Å². The third-order valence-corrected chi connectivity index (χ3v) is 3.59. The summed E-state index contributed by atoms with van der Waals surface area (Å²) in [6.45, 7) is 1.54. The first-order chi connectivity index (χ1) is 12.4. The molecular weight excluding hydrogens is 349 g/mol. The fraction of sp³-hybridized carbons (Fsp3) is 0.412. The number of rotatable bonds is 8. The first-order valence-electron chi connectivity index (χ1n) is 8.13. The van der Waals surface area contributed by atoms with E-state index in [9.17, 15) is 18.0 Å². The molecule has 2 N–H and O–H groups in total. The number of hydrogen-bond donors (Lipinski definition) is 2. The van der Waals surface area contributed by atoms with Crippen LogP contribution < -0.4 is 10.6 Å². The zero-order valence-electron chi connectivity index (χ0n) is 14.3. The molecule has 142 valence electrons. The number of unbranched alkanes of at least 4 members (excludes halogenated alkanes) is 1. The second kappa shape index (κ2) is 9.23. The summed E-state index contributed by atoms with van der Waals surface area (Å²) in [5.74, 6) is 0. The number of carbonyl (C=O) groups is 1. The van der Waals surface area contributed by atoms with Crippen LogP contribution in [-0.2, 0) is 17.5 Å². The van der Waals surface area contributed by atoms with Crippen molar-refractivity contribution in [3.63, 3.8) is 0 Å². The van der Waals surface area contributed by atoms with Crippen LogP contribution in [0.1, 0.15) is 24.1 Å². The van der Waals surface area contributed by atoms with Crippen LogP contribution in [0.3, 0.4) is 0 Å². The Bertz CT molecular complexity index is 699. The molecule has 0 radical (unpaired) electrons. The number of nitrogens with zero attached hydrogens (tertiary/aromatic N) is 2. The highest BCUT2D eigenvalue weighted by atomic mass is 19.4. The van der Waals surface area contributed by atoms with Gasteiger partial charge in [0.15, 0.2) is 5.69 Å². The number of halogens is 3. The topological polar surface area (TPSA) is 68.2 Å². The van der Waals surface area contributed by atoms with E-state index >= 15 is 0 Å². The van der Waals surface area contributed by atoms with Crippen molar-refractivity contribution in [2.75, 3.05) is 20.3 Å². The van der Waals surface area contributed by atoms with E-state index in [2.05, 4.69) is 15.7 Å². The first kappa shape index (κ1) is 19.8. The molecule has 9 heteroatoms. The van der Waals surface area contributed by atoms with Crippen molar-refractivity contribution in [3.8, 4) is 5.69 Å². The fourth-order valence-corrected chi connectivity index (χ4v) is 2.20. The Labute approximate surface area is 149 Å². The summed E-state index contributed by atoms with van der Waals surface area (Å²) in [6.07, 6.45) is -1.50. The van der Waals surface area contributed by atoms with Gasteiger partial charge in [-0.2, -0.15) is 18.3 Å². The molecule has 0 aliphatic heterocycles. The Morgan fingerprint density at radius 3 is 2.50 bits per heavy atom. The van der Waals surface area contributed by atoms with E-state index in [1.54, 1.807) is 31.4 Å². The molecule has 1 aromatic heterocycles. The number of aromatic nitrogens is 2. The van der Waals surface area contributed by atoms with Gasteiger partial charge in [-0.1, -0.05) is 12.1 Å². The van der Waals surface area contributed by atoms with Crippen LogP contribution in [0.15, 0.2) is 36.5 Å². The van der Waals surface area contributed by atoms with E-state index < -0.39 is 11.9 Å². The molecule has 0 aliphatic rings.